The number of carbonyl (C=O) groups is 1. The summed E-state index contributed by atoms with van der Waals surface area (Å²) in [6.45, 7) is 2.57. The van der Waals surface area contributed by atoms with Crippen molar-refractivity contribution in [2.45, 2.75) is 44.1 Å². The minimum Gasteiger partial charge on any atom is -0.361 e. The van der Waals surface area contributed by atoms with Crippen molar-refractivity contribution < 1.29 is 4.79 Å². The Labute approximate surface area is 164 Å². The van der Waals surface area contributed by atoms with Crippen LogP contribution < -0.4 is 10.6 Å². The zero-order valence-electron chi connectivity index (χ0n) is 16.0. The molecule has 5 heteroatoms. The van der Waals surface area contributed by atoms with Crippen LogP contribution in [0.25, 0.3) is 10.9 Å². The van der Waals surface area contributed by atoms with Crippen molar-refractivity contribution in [3.05, 3.63) is 65.1 Å². The first kappa shape index (κ1) is 17.4. The summed E-state index contributed by atoms with van der Waals surface area (Å²) in [6.07, 6.45) is 8.92. The first-order valence-electron chi connectivity index (χ1n) is 10.3. The number of H-pyrrole nitrogens is 1. The van der Waals surface area contributed by atoms with Gasteiger partial charge in [0.25, 0.3) is 5.91 Å². The van der Waals surface area contributed by atoms with Crippen LogP contribution in [-0.2, 0) is 6.54 Å². The summed E-state index contributed by atoms with van der Waals surface area (Å²) in [5.74, 6) is 1.22. The van der Waals surface area contributed by atoms with E-state index in [9.17, 15) is 4.79 Å². The van der Waals surface area contributed by atoms with Crippen molar-refractivity contribution in [3.8, 4) is 0 Å². The molecule has 5 rings (SSSR count). The van der Waals surface area contributed by atoms with Crippen LogP contribution in [0.15, 0.2) is 42.7 Å². The number of pyridine rings is 1. The minimum atomic E-state index is -0.0487. The van der Waals surface area contributed by atoms with E-state index < -0.39 is 0 Å². The van der Waals surface area contributed by atoms with Gasteiger partial charge < -0.3 is 15.6 Å². The SMILES string of the molecule is O=C(NCc1ccc(C2CC2)cn1)c1ccc2[nH]cc(C3CCNCC3)c2c1. The summed E-state index contributed by atoms with van der Waals surface area (Å²) in [7, 11) is 0. The second-order valence-corrected chi connectivity index (χ2v) is 8.07. The number of aromatic nitrogens is 2. The van der Waals surface area contributed by atoms with Crippen molar-refractivity contribution >= 4 is 16.8 Å². The standard InChI is InChI=1S/C23H26N4O/c28-23(27-13-19-5-3-18(12-25-19)15-1-2-15)17-4-6-22-20(11-17)21(14-26-22)16-7-9-24-10-8-16/h3-6,11-12,14-16,24,26H,1-2,7-10,13H2,(H,27,28). The van der Waals surface area contributed by atoms with Gasteiger partial charge in [-0.1, -0.05) is 6.07 Å². The van der Waals surface area contributed by atoms with Gasteiger partial charge in [0.05, 0.1) is 12.2 Å². The molecular formula is C23H26N4O. The predicted molar refractivity (Wildman–Crippen MR) is 111 cm³/mol. The van der Waals surface area contributed by atoms with Crippen molar-refractivity contribution in [3.63, 3.8) is 0 Å². The maximum atomic E-state index is 12.7. The third-order valence-electron chi connectivity index (χ3n) is 6.08. The van der Waals surface area contributed by atoms with Gasteiger partial charge in [-0.05, 0) is 86.0 Å². The quantitative estimate of drug-likeness (QED) is 0.635. The molecule has 0 bridgehead atoms. The molecule has 1 saturated heterocycles. The first-order valence-corrected chi connectivity index (χ1v) is 10.3. The highest BCUT2D eigenvalue weighted by molar-refractivity contribution is 5.98. The van der Waals surface area contributed by atoms with E-state index in [0.717, 1.165) is 37.1 Å². The van der Waals surface area contributed by atoms with Gasteiger partial charge in [0.1, 0.15) is 0 Å². The average molecular weight is 374 g/mol. The fourth-order valence-electron chi connectivity index (χ4n) is 4.23. The van der Waals surface area contributed by atoms with E-state index in [1.165, 1.54) is 29.4 Å². The molecule has 3 heterocycles. The van der Waals surface area contributed by atoms with Crippen LogP contribution in [0.1, 0.15) is 64.7 Å². The molecule has 2 fully saturated rings. The Hall–Kier alpha value is -2.66. The third-order valence-corrected chi connectivity index (χ3v) is 6.08. The van der Waals surface area contributed by atoms with Crippen LogP contribution in [0.5, 0.6) is 0 Å². The normalized spacial score (nSPS) is 17.7. The molecule has 1 aromatic carbocycles. The van der Waals surface area contributed by atoms with E-state index in [2.05, 4.69) is 32.9 Å². The number of carbonyl (C=O) groups excluding carboxylic acids is 1. The second kappa shape index (κ2) is 7.40. The number of nitrogens with zero attached hydrogens (tertiary/aromatic N) is 1. The summed E-state index contributed by atoms with van der Waals surface area (Å²) in [5, 5.41) is 7.61. The fourth-order valence-corrected chi connectivity index (χ4v) is 4.23. The van der Waals surface area contributed by atoms with Gasteiger partial charge in [-0.2, -0.15) is 0 Å². The lowest BCUT2D eigenvalue weighted by Crippen LogP contribution is -2.26. The largest absolute Gasteiger partial charge is 0.361 e. The Morgan fingerprint density at radius 1 is 1.07 bits per heavy atom. The summed E-state index contributed by atoms with van der Waals surface area (Å²) < 4.78 is 0. The molecule has 3 N–H and O–H groups in total. The molecule has 144 valence electrons. The lowest BCUT2D eigenvalue weighted by molar-refractivity contribution is 0.0950. The highest BCUT2D eigenvalue weighted by Gasteiger charge is 2.23. The third kappa shape index (κ3) is 3.54. The Bertz CT molecular complexity index is 982. The number of aromatic amines is 1. The molecule has 28 heavy (non-hydrogen) atoms. The average Bonchev–Trinajstić information content (AvgIpc) is 3.52. The lowest BCUT2D eigenvalue weighted by atomic mass is 9.89. The highest BCUT2D eigenvalue weighted by Crippen LogP contribution is 2.39. The molecule has 0 unspecified atom stereocenters. The lowest BCUT2D eigenvalue weighted by Gasteiger charge is -2.22. The van der Waals surface area contributed by atoms with Crippen molar-refractivity contribution in [2.75, 3.05) is 13.1 Å². The number of hydrogen-bond donors (Lipinski definition) is 3. The maximum absolute atomic E-state index is 12.7. The Balaban J connectivity index is 1.29. The van der Waals surface area contributed by atoms with Gasteiger partial charge in [-0.15, -0.1) is 0 Å². The van der Waals surface area contributed by atoms with Gasteiger partial charge in [0, 0.05) is 28.9 Å². The monoisotopic (exact) mass is 374 g/mol. The predicted octanol–water partition coefficient (Wildman–Crippen LogP) is 3.84. The van der Waals surface area contributed by atoms with Crippen LogP contribution in [0.2, 0.25) is 0 Å². The van der Waals surface area contributed by atoms with E-state index in [1.807, 2.05) is 30.5 Å². The van der Waals surface area contributed by atoms with E-state index in [0.29, 0.717) is 23.9 Å². The minimum absolute atomic E-state index is 0.0487. The molecule has 1 amide bonds. The van der Waals surface area contributed by atoms with Crippen molar-refractivity contribution in [2.24, 2.45) is 0 Å². The van der Waals surface area contributed by atoms with Crippen LogP contribution in [0.4, 0.5) is 0 Å². The number of piperidine rings is 1. The molecule has 3 aromatic rings. The summed E-state index contributed by atoms with van der Waals surface area (Å²) in [4.78, 5) is 20.6. The number of nitrogens with one attached hydrogen (secondary N) is 3. The van der Waals surface area contributed by atoms with E-state index >= 15 is 0 Å². The molecular weight excluding hydrogens is 348 g/mol. The van der Waals surface area contributed by atoms with Crippen LogP contribution in [0.3, 0.4) is 0 Å². The highest BCUT2D eigenvalue weighted by atomic mass is 16.1. The molecule has 0 radical (unpaired) electrons. The number of hydrogen-bond acceptors (Lipinski definition) is 3. The number of rotatable bonds is 5. The Kier molecular flexibility index (Phi) is 4.61. The second-order valence-electron chi connectivity index (χ2n) is 8.07. The van der Waals surface area contributed by atoms with Gasteiger partial charge in [-0.25, -0.2) is 0 Å². The fraction of sp³-hybridized carbons (Fsp3) is 0.391. The Morgan fingerprint density at radius 2 is 1.93 bits per heavy atom. The van der Waals surface area contributed by atoms with Crippen molar-refractivity contribution in [1.82, 2.24) is 20.6 Å². The molecule has 2 aromatic heterocycles. The van der Waals surface area contributed by atoms with Gasteiger partial charge >= 0.3 is 0 Å². The summed E-state index contributed by atoms with van der Waals surface area (Å²) in [5.41, 5.74) is 5.36. The first-order chi connectivity index (χ1) is 13.8. The molecule has 1 saturated carbocycles. The Morgan fingerprint density at radius 3 is 2.68 bits per heavy atom. The topological polar surface area (TPSA) is 69.8 Å². The zero-order chi connectivity index (χ0) is 18.9. The van der Waals surface area contributed by atoms with Crippen LogP contribution >= 0.6 is 0 Å². The number of amides is 1. The van der Waals surface area contributed by atoms with Gasteiger partial charge in [0.2, 0.25) is 0 Å². The molecule has 0 atom stereocenters. The zero-order valence-corrected chi connectivity index (χ0v) is 16.0. The summed E-state index contributed by atoms with van der Waals surface area (Å²) >= 11 is 0. The van der Waals surface area contributed by atoms with E-state index in [4.69, 9.17) is 0 Å². The number of benzene rings is 1. The molecule has 2 aliphatic rings. The number of fused-ring (bicyclic) bond motifs is 1. The van der Waals surface area contributed by atoms with Gasteiger partial charge in [-0.3, -0.25) is 9.78 Å². The van der Waals surface area contributed by atoms with E-state index in [1.54, 1.807) is 0 Å². The molecule has 5 nitrogen and oxygen atoms in total. The van der Waals surface area contributed by atoms with E-state index in [-0.39, 0.29) is 5.91 Å². The molecule has 1 aliphatic heterocycles. The van der Waals surface area contributed by atoms with Crippen molar-refractivity contribution in [1.29, 1.82) is 0 Å². The molecule has 0 spiro atoms. The molecule has 1 aliphatic carbocycles. The maximum Gasteiger partial charge on any atom is 0.251 e. The van der Waals surface area contributed by atoms with Crippen LogP contribution in [0, 0.1) is 0 Å². The van der Waals surface area contributed by atoms with Gasteiger partial charge in [0.15, 0.2) is 0 Å². The summed E-state index contributed by atoms with van der Waals surface area (Å²) in [6, 6.07) is 10.1. The van der Waals surface area contributed by atoms with Crippen LogP contribution in [-0.4, -0.2) is 29.0 Å². The smallest absolute Gasteiger partial charge is 0.251 e.